The van der Waals surface area contributed by atoms with Crippen LogP contribution in [-0.4, -0.2) is 17.2 Å². The zero-order valence-corrected chi connectivity index (χ0v) is 27.6. The van der Waals surface area contributed by atoms with Gasteiger partial charge in [-0.1, -0.05) is 134 Å². The van der Waals surface area contributed by atoms with Gasteiger partial charge in [-0.05, 0) is 108 Å². The number of aliphatic imine (C=N–C) groups is 1. The molecule has 2 atom stereocenters. The number of hydrogen-bond donors (Lipinski definition) is 0. The summed E-state index contributed by atoms with van der Waals surface area (Å²) in [4.78, 5) is 9.75. The quantitative estimate of drug-likeness (QED) is 0.188. The van der Waals surface area contributed by atoms with Gasteiger partial charge in [0.25, 0.3) is 0 Å². The molecule has 2 heteroatoms. The maximum absolute atomic E-state index is 4.96. The van der Waals surface area contributed by atoms with Crippen LogP contribution in [0.3, 0.4) is 0 Å². The monoisotopic (exact) mass is 638 g/mol. The lowest BCUT2D eigenvalue weighted by molar-refractivity contribution is 0.685. The Labute approximate surface area is 291 Å². The highest BCUT2D eigenvalue weighted by Gasteiger charge is 2.21. The second-order valence-corrected chi connectivity index (χ2v) is 13.6. The summed E-state index contributed by atoms with van der Waals surface area (Å²) in [6.07, 6.45) is 21.9. The molecular formula is C48H34N2. The number of allylic oxidation sites excluding steroid dienone is 3. The average Bonchev–Trinajstić information content (AvgIpc) is 3.19. The third-order valence-corrected chi connectivity index (χ3v) is 10.6. The highest BCUT2D eigenvalue weighted by atomic mass is 14.8. The van der Waals surface area contributed by atoms with E-state index in [0.29, 0.717) is 0 Å². The van der Waals surface area contributed by atoms with Crippen LogP contribution in [0.25, 0.3) is 83.4 Å². The maximum atomic E-state index is 4.96. The lowest BCUT2D eigenvalue weighted by atomic mass is 9.84. The van der Waals surface area contributed by atoms with E-state index in [1.54, 1.807) is 0 Å². The summed E-state index contributed by atoms with van der Waals surface area (Å²) >= 11 is 0. The first kappa shape index (κ1) is 28.9. The van der Waals surface area contributed by atoms with Crippen LogP contribution >= 0.6 is 0 Å². The van der Waals surface area contributed by atoms with Crippen molar-refractivity contribution in [1.82, 2.24) is 4.98 Å². The minimum Gasteiger partial charge on any atom is -0.284 e. The van der Waals surface area contributed by atoms with Crippen LogP contribution in [0.5, 0.6) is 0 Å². The summed E-state index contributed by atoms with van der Waals surface area (Å²) in [6, 6.07) is 42.8. The number of nitrogens with zero attached hydrogens (tertiary/aromatic N) is 2. The second-order valence-electron chi connectivity index (χ2n) is 13.6. The van der Waals surface area contributed by atoms with Crippen LogP contribution in [-0.2, 0) is 0 Å². The van der Waals surface area contributed by atoms with Crippen molar-refractivity contribution in [1.29, 1.82) is 0 Å². The molecule has 50 heavy (non-hydrogen) atoms. The fourth-order valence-electron chi connectivity index (χ4n) is 8.12. The first-order valence-electron chi connectivity index (χ1n) is 17.6. The molecule has 0 saturated carbocycles. The Bertz CT molecular complexity index is 2760. The number of fused-ring (bicyclic) bond motifs is 5. The molecule has 10 rings (SSSR count). The van der Waals surface area contributed by atoms with Crippen LogP contribution in [0.2, 0.25) is 0 Å². The molecule has 0 spiro atoms. The molecule has 0 fully saturated rings. The molecule has 7 aromatic rings. The molecule has 2 aliphatic carbocycles. The third kappa shape index (κ3) is 4.87. The predicted octanol–water partition coefficient (Wildman–Crippen LogP) is 10.5. The summed E-state index contributed by atoms with van der Waals surface area (Å²) in [5.41, 5.74) is 9.42. The van der Waals surface area contributed by atoms with Crippen molar-refractivity contribution < 1.29 is 0 Å². The highest BCUT2D eigenvalue weighted by Crippen LogP contribution is 2.37. The summed E-state index contributed by atoms with van der Waals surface area (Å²) in [6.45, 7) is 0. The van der Waals surface area contributed by atoms with Crippen molar-refractivity contribution in [3.63, 3.8) is 0 Å². The fourth-order valence-corrected chi connectivity index (χ4v) is 8.12. The van der Waals surface area contributed by atoms with Crippen molar-refractivity contribution in [3.8, 4) is 33.4 Å². The van der Waals surface area contributed by atoms with Gasteiger partial charge in [-0.2, -0.15) is 0 Å². The van der Waals surface area contributed by atoms with Crippen molar-refractivity contribution in [2.75, 3.05) is 0 Å². The number of dihydropyridines is 1. The molecule has 0 N–H and O–H groups in total. The first-order valence-corrected chi connectivity index (χ1v) is 17.6. The molecule has 0 radical (unpaired) electrons. The van der Waals surface area contributed by atoms with Crippen molar-refractivity contribution in [2.24, 2.45) is 10.9 Å². The maximum Gasteiger partial charge on any atom is 0.0780 e. The van der Waals surface area contributed by atoms with Gasteiger partial charge in [-0.15, -0.1) is 0 Å². The van der Waals surface area contributed by atoms with E-state index in [4.69, 9.17) is 9.98 Å². The third-order valence-electron chi connectivity index (χ3n) is 10.6. The topological polar surface area (TPSA) is 25.2 Å². The molecule has 1 aromatic heterocycles. The van der Waals surface area contributed by atoms with Gasteiger partial charge in [0.1, 0.15) is 0 Å². The molecule has 3 aliphatic rings. The molecule has 0 amide bonds. The van der Waals surface area contributed by atoms with Crippen LogP contribution in [0, 0.1) is 5.92 Å². The van der Waals surface area contributed by atoms with Gasteiger partial charge in [-0.3, -0.25) is 9.98 Å². The molecule has 0 bridgehead atoms. The summed E-state index contributed by atoms with van der Waals surface area (Å²) in [5, 5.41) is 10.3. The molecule has 2 nitrogen and oxygen atoms in total. The lowest BCUT2D eigenvalue weighted by Crippen LogP contribution is -2.31. The van der Waals surface area contributed by atoms with E-state index >= 15 is 0 Å². The smallest absolute Gasteiger partial charge is 0.0780 e. The van der Waals surface area contributed by atoms with E-state index in [2.05, 4.69) is 158 Å². The number of benzene rings is 6. The number of aromatic nitrogens is 1. The van der Waals surface area contributed by atoms with Crippen LogP contribution in [0.15, 0.2) is 157 Å². The summed E-state index contributed by atoms with van der Waals surface area (Å²) in [5.74, 6) is 0.285. The van der Waals surface area contributed by atoms with Gasteiger partial charge in [-0.25, -0.2) is 0 Å². The first-order chi connectivity index (χ1) is 24.8. The lowest BCUT2D eigenvalue weighted by Gasteiger charge is -2.22. The van der Waals surface area contributed by atoms with Crippen molar-refractivity contribution in [2.45, 2.75) is 18.9 Å². The molecule has 2 heterocycles. The average molecular weight is 639 g/mol. The summed E-state index contributed by atoms with van der Waals surface area (Å²) < 4.78 is 0. The standard InChI is InChI=1S/C48H34N2/c1-3-11-33-25-37(19-17-31(33)9-1)47-41-14-6-7-15-42(41)48(38-20-18-32-10-2-4-12-34(32)26-38)44-28-35(21-23-43(44)47)39-22-24-46(49-29-39)40-27-36-13-5-8-16-45(36)50-30-40/h1-5,8-30,36,45H,6-7H2. The van der Waals surface area contributed by atoms with Crippen LogP contribution in [0.1, 0.15) is 18.5 Å². The number of pyridine rings is 1. The Morgan fingerprint density at radius 2 is 1.14 bits per heavy atom. The fraction of sp³-hybridized carbons (Fsp3) is 0.0833. The van der Waals surface area contributed by atoms with Crippen molar-refractivity contribution in [3.05, 3.63) is 168 Å². The predicted molar refractivity (Wildman–Crippen MR) is 213 cm³/mol. The molecule has 1 aliphatic heterocycles. The Balaban J connectivity index is 1.18. The van der Waals surface area contributed by atoms with Gasteiger partial charge in [0.15, 0.2) is 0 Å². The minimum atomic E-state index is 0.192. The zero-order valence-electron chi connectivity index (χ0n) is 27.6. The van der Waals surface area contributed by atoms with E-state index in [9.17, 15) is 0 Å². The van der Waals surface area contributed by atoms with Crippen molar-refractivity contribution >= 4 is 56.3 Å². The molecule has 236 valence electrons. The minimum absolute atomic E-state index is 0.192. The highest BCUT2D eigenvalue weighted by molar-refractivity contribution is 6.11. The molecule has 6 aromatic carbocycles. The van der Waals surface area contributed by atoms with E-state index < -0.39 is 0 Å². The van der Waals surface area contributed by atoms with Gasteiger partial charge in [0.2, 0.25) is 0 Å². The van der Waals surface area contributed by atoms with E-state index in [1.165, 1.54) is 65.0 Å². The Morgan fingerprint density at radius 1 is 0.520 bits per heavy atom. The second kappa shape index (κ2) is 11.8. The normalized spacial score (nSPS) is 17.6. The molecule has 2 unspecified atom stereocenters. The number of rotatable bonds is 4. The van der Waals surface area contributed by atoms with E-state index in [-0.39, 0.29) is 12.0 Å². The molecule has 0 saturated heterocycles. The Kier molecular flexibility index (Phi) is 6.80. The van der Waals surface area contributed by atoms with Gasteiger partial charge >= 0.3 is 0 Å². The van der Waals surface area contributed by atoms with Crippen LogP contribution < -0.4 is 10.4 Å². The van der Waals surface area contributed by atoms with Gasteiger partial charge in [0, 0.05) is 29.5 Å². The Hall–Kier alpha value is -6.12. The number of hydrogen-bond acceptors (Lipinski definition) is 2. The summed E-state index contributed by atoms with van der Waals surface area (Å²) in [7, 11) is 0. The van der Waals surface area contributed by atoms with Gasteiger partial charge < -0.3 is 0 Å². The van der Waals surface area contributed by atoms with E-state index in [1.807, 2.05) is 12.4 Å². The van der Waals surface area contributed by atoms with Crippen LogP contribution in [0.4, 0.5) is 0 Å². The largest absolute Gasteiger partial charge is 0.284 e. The zero-order chi connectivity index (χ0) is 33.0. The van der Waals surface area contributed by atoms with E-state index in [0.717, 1.165) is 35.2 Å². The van der Waals surface area contributed by atoms with Gasteiger partial charge in [0.05, 0.1) is 11.7 Å². The molecular weight excluding hydrogens is 605 g/mol. The SMILES string of the molecule is C1=CC2C=C(c3ccc(-c4ccc5c(-c6ccc7ccccc7c6)c6c(c(-c7ccc8ccccc8c7)c5c4)=CCCC=6)cn3)C=NC2C=C1. The Morgan fingerprint density at radius 3 is 1.82 bits per heavy atom.